The first-order valence-electron chi connectivity index (χ1n) is 4.38. The lowest BCUT2D eigenvalue weighted by Gasteiger charge is -2.10. The molecule has 1 aromatic heterocycles. The summed E-state index contributed by atoms with van der Waals surface area (Å²) in [5.74, 6) is 1.92. The molecule has 14 heavy (non-hydrogen) atoms. The third-order valence-corrected chi connectivity index (χ3v) is 2.65. The summed E-state index contributed by atoms with van der Waals surface area (Å²) in [5, 5.41) is 3.03. The molecule has 0 radical (unpaired) electrons. The molecule has 1 heterocycles. The van der Waals surface area contributed by atoms with Gasteiger partial charge >= 0.3 is 0 Å². The number of hydrogen-bond donors (Lipinski definition) is 1. The number of hydrogen-bond acceptors (Lipinski definition) is 4. The van der Waals surface area contributed by atoms with Crippen LogP contribution in [0.3, 0.4) is 0 Å². The van der Waals surface area contributed by atoms with Gasteiger partial charge in [0.2, 0.25) is 0 Å². The minimum Gasteiger partial charge on any atom is -0.384 e. The third-order valence-electron chi connectivity index (χ3n) is 1.86. The second kappa shape index (κ2) is 5.45. The van der Waals surface area contributed by atoms with Crippen LogP contribution in [0.1, 0.15) is 18.7 Å². The molecule has 4 nitrogen and oxygen atoms in total. The highest BCUT2D eigenvalue weighted by atomic mass is 127. The molecule has 0 aliphatic rings. The van der Waals surface area contributed by atoms with Crippen LogP contribution in [0.4, 0.5) is 5.82 Å². The number of methoxy groups -OCH3 is 1. The van der Waals surface area contributed by atoms with Crippen molar-refractivity contribution in [3.05, 3.63) is 15.6 Å². The molecule has 1 N–H and O–H groups in total. The van der Waals surface area contributed by atoms with Crippen molar-refractivity contribution in [2.75, 3.05) is 26.1 Å². The number of nitrogens with one attached hydrogen (secondary N) is 1. The predicted octanol–water partition coefficient (Wildman–Crippen LogP) is 1.87. The SMILES string of the molecule is CNc1nc(C(C)COC)ncc1I. The van der Waals surface area contributed by atoms with Gasteiger partial charge in [-0.3, -0.25) is 0 Å². The first-order valence-corrected chi connectivity index (χ1v) is 5.46. The molecule has 0 aromatic carbocycles. The first-order chi connectivity index (χ1) is 6.69. The number of ether oxygens (including phenoxy) is 1. The van der Waals surface area contributed by atoms with Crippen molar-refractivity contribution in [2.24, 2.45) is 0 Å². The van der Waals surface area contributed by atoms with Gasteiger partial charge in [0.15, 0.2) is 0 Å². The van der Waals surface area contributed by atoms with Crippen LogP contribution in [0, 0.1) is 3.57 Å². The molecule has 78 valence electrons. The average Bonchev–Trinajstić information content (AvgIpc) is 2.19. The maximum absolute atomic E-state index is 5.06. The Morgan fingerprint density at radius 3 is 2.93 bits per heavy atom. The second-order valence-corrected chi connectivity index (χ2v) is 4.19. The van der Waals surface area contributed by atoms with E-state index in [1.54, 1.807) is 7.11 Å². The van der Waals surface area contributed by atoms with Gasteiger partial charge in [-0.2, -0.15) is 0 Å². The summed E-state index contributed by atoms with van der Waals surface area (Å²) in [6, 6.07) is 0. The summed E-state index contributed by atoms with van der Waals surface area (Å²) >= 11 is 2.20. The van der Waals surface area contributed by atoms with E-state index in [2.05, 4.69) is 37.9 Å². The summed E-state index contributed by atoms with van der Waals surface area (Å²) in [6.45, 7) is 2.69. The summed E-state index contributed by atoms with van der Waals surface area (Å²) in [7, 11) is 3.54. The van der Waals surface area contributed by atoms with E-state index in [4.69, 9.17) is 4.74 Å². The van der Waals surface area contributed by atoms with Gasteiger partial charge in [-0.25, -0.2) is 9.97 Å². The quantitative estimate of drug-likeness (QED) is 0.863. The number of halogens is 1. The molecule has 0 aliphatic heterocycles. The van der Waals surface area contributed by atoms with Crippen LogP contribution in [0.25, 0.3) is 0 Å². The maximum atomic E-state index is 5.06. The zero-order chi connectivity index (χ0) is 10.6. The predicted molar refractivity (Wildman–Crippen MR) is 64.6 cm³/mol. The lowest BCUT2D eigenvalue weighted by Crippen LogP contribution is -2.09. The van der Waals surface area contributed by atoms with Gasteiger partial charge in [0.25, 0.3) is 0 Å². The molecule has 0 bridgehead atoms. The normalized spacial score (nSPS) is 12.6. The molecule has 0 amide bonds. The molecule has 5 heteroatoms. The van der Waals surface area contributed by atoms with Gasteiger partial charge < -0.3 is 10.1 Å². The van der Waals surface area contributed by atoms with Gasteiger partial charge in [-0.05, 0) is 22.6 Å². The number of aromatic nitrogens is 2. The van der Waals surface area contributed by atoms with E-state index in [9.17, 15) is 0 Å². The minimum atomic E-state index is 0.226. The third kappa shape index (κ3) is 2.78. The Bertz CT molecular complexity index is 306. The van der Waals surface area contributed by atoms with Gasteiger partial charge in [-0.15, -0.1) is 0 Å². The standard InChI is InChI=1S/C9H14IN3O/c1-6(5-14-3)8-12-4-7(10)9(11-2)13-8/h4,6H,5H2,1-3H3,(H,11,12,13). The zero-order valence-corrected chi connectivity index (χ0v) is 10.7. The Kier molecular flexibility index (Phi) is 4.53. The summed E-state index contributed by atoms with van der Waals surface area (Å²) in [5.41, 5.74) is 0. The van der Waals surface area contributed by atoms with Gasteiger partial charge in [0.05, 0.1) is 10.2 Å². The van der Waals surface area contributed by atoms with Crippen LogP contribution >= 0.6 is 22.6 Å². The fraction of sp³-hybridized carbons (Fsp3) is 0.556. The Labute approximate surface area is 97.6 Å². The fourth-order valence-corrected chi connectivity index (χ4v) is 1.65. The van der Waals surface area contributed by atoms with E-state index < -0.39 is 0 Å². The van der Waals surface area contributed by atoms with E-state index in [0.29, 0.717) is 6.61 Å². The monoisotopic (exact) mass is 307 g/mol. The van der Waals surface area contributed by atoms with Crippen molar-refractivity contribution in [3.8, 4) is 0 Å². The van der Waals surface area contributed by atoms with E-state index in [1.165, 1.54) is 0 Å². The highest BCUT2D eigenvalue weighted by Crippen LogP contribution is 2.17. The summed E-state index contributed by atoms with van der Waals surface area (Å²) < 4.78 is 6.09. The topological polar surface area (TPSA) is 47.0 Å². The average molecular weight is 307 g/mol. The Hall–Kier alpha value is -0.430. The van der Waals surface area contributed by atoms with Crippen molar-refractivity contribution in [2.45, 2.75) is 12.8 Å². The Balaban J connectivity index is 2.88. The van der Waals surface area contributed by atoms with Gasteiger partial charge in [0.1, 0.15) is 11.6 Å². The first kappa shape index (κ1) is 11.6. The molecular formula is C9H14IN3O. The lowest BCUT2D eigenvalue weighted by atomic mass is 10.2. The molecule has 1 atom stereocenters. The molecular weight excluding hydrogens is 293 g/mol. The van der Waals surface area contributed by atoms with Crippen molar-refractivity contribution in [3.63, 3.8) is 0 Å². The molecule has 1 aromatic rings. The zero-order valence-electron chi connectivity index (χ0n) is 8.54. The summed E-state index contributed by atoms with van der Waals surface area (Å²) in [6.07, 6.45) is 1.82. The highest BCUT2D eigenvalue weighted by molar-refractivity contribution is 14.1. The Morgan fingerprint density at radius 2 is 2.36 bits per heavy atom. The van der Waals surface area contributed by atoms with E-state index in [1.807, 2.05) is 20.2 Å². The smallest absolute Gasteiger partial charge is 0.142 e. The fourth-order valence-electron chi connectivity index (χ4n) is 1.12. The molecule has 1 rings (SSSR count). The second-order valence-electron chi connectivity index (χ2n) is 3.03. The minimum absolute atomic E-state index is 0.226. The number of rotatable bonds is 4. The van der Waals surface area contributed by atoms with E-state index in [-0.39, 0.29) is 5.92 Å². The number of nitrogens with zero attached hydrogens (tertiary/aromatic N) is 2. The molecule has 1 unspecified atom stereocenters. The van der Waals surface area contributed by atoms with Crippen LogP contribution in [0.2, 0.25) is 0 Å². The van der Waals surface area contributed by atoms with Crippen molar-refractivity contribution in [1.29, 1.82) is 0 Å². The highest BCUT2D eigenvalue weighted by Gasteiger charge is 2.10. The van der Waals surface area contributed by atoms with Crippen molar-refractivity contribution < 1.29 is 4.74 Å². The summed E-state index contributed by atoms with van der Waals surface area (Å²) in [4.78, 5) is 8.67. The van der Waals surface area contributed by atoms with Crippen LogP contribution in [-0.2, 0) is 4.74 Å². The van der Waals surface area contributed by atoms with Crippen LogP contribution in [0.15, 0.2) is 6.20 Å². The van der Waals surface area contributed by atoms with Gasteiger partial charge in [0, 0.05) is 26.3 Å². The van der Waals surface area contributed by atoms with Crippen LogP contribution < -0.4 is 5.32 Å². The van der Waals surface area contributed by atoms with Crippen molar-refractivity contribution >= 4 is 28.4 Å². The molecule has 0 saturated carbocycles. The van der Waals surface area contributed by atoms with E-state index in [0.717, 1.165) is 15.2 Å². The lowest BCUT2D eigenvalue weighted by molar-refractivity contribution is 0.181. The van der Waals surface area contributed by atoms with E-state index >= 15 is 0 Å². The largest absolute Gasteiger partial charge is 0.384 e. The van der Waals surface area contributed by atoms with Crippen LogP contribution in [0.5, 0.6) is 0 Å². The molecule has 0 spiro atoms. The van der Waals surface area contributed by atoms with Crippen LogP contribution in [-0.4, -0.2) is 30.7 Å². The molecule has 0 saturated heterocycles. The Morgan fingerprint density at radius 1 is 1.64 bits per heavy atom. The maximum Gasteiger partial charge on any atom is 0.142 e. The van der Waals surface area contributed by atoms with Gasteiger partial charge in [-0.1, -0.05) is 6.92 Å². The molecule has 0 fully saturated rings. The number of anilines is 1. The van der Waals surface area contributed by atoms with Crippen molar-refractivity contribution in [1.82, 2.24) is 9.97 Å². The molecule has 0 aliphatic carbocycles.